The van der Waals surface area contributed by atoms with Gasteiger partial charge in [-0.15, -0.1) is 24.0 Å². The molecule has 1 fully saturated rings. The summed E-state index contributed by atoms with van der Waals surface area (Å²) in [6.07, 6.45) is 0.544. The number of nitrogens with one attached hydrogen (secondary N) is 2. The van der Waals surface area contributed by atoms with Crippen LogP contribution in [0.4, 0.5) is 0 Å². The minimum absolute atomic E-state index is 0. The number of hydrogen-bond donors (Lipinski definition) is 2. The largest absolute Gasteiger partial charge is 0.374 e. The molecule has 7 nitrogen and oxygen atoms in total. The van der Waals surface area contributed by atoms with E-state index in [0.717, 1.165) is 44.3 Å². The highest BCUT2D eigenvalue weighted by Crippen LogP contribution is 2.08. The topological polar surface area (TPSA) is 69.2 Å². The van der Waals surface area contributed by atoms with E-state index in [1.807, 2.05) is 44.3 Å². The number of aliphatic imine (C=N–C) groups is 1. The molecule has 1 unspecified atom stereocenters. The smallest absolute Gasteiger partial charge is 0.224 e. The molecule has 0 aliphatic carbocycles. The van der Waals surface area contributed by atoms with E-state index in [4.69, 9.17) is 4.74 Å². The first-order valence-corrected chi connectivity index (χ1v) is 11.1. The second-order valence-corrected chi connectivity index (χ2v) is 8.28. The molecule has 0 spiro atoms. The van der Waals surface area contributed by atoms with Crippen LogP contribution in [0.3, 0.4) is 0 Å². The monoisotopic (exact) mass is 545 g/mol. The third-order valence-electron chi connectivity index (χ3n) is 4.96. The zero-order chi connectivity index (χ0) is 21.8. The zero-order valence-corrected chi connectivity index (χ0v) is 21.8. The van der Waals surface area contributed by atoms with Crippen LogP contribution in [-0.4, -0.2) is 80.7 Å². The molecule has 2 rings (SSSR count). The van der Waals surface area contributed by atoms with Gasteiger partial charge in [-0.25, -0.2) is 0 Å². The van der Waals surface area contributed by atoms with Gasteiger partial charge in [-0.2, -0.15) is 0 Å². The first-order chi connectivity index (χ1) is 14.5. The fourth-order valence-electron chi connectivity index (χ4n) is 3.53. The van der Waals surface area contributed by atoms with Crippen molar-refractivity contribution in [1.29, 1.82) is 0 Å². The van der Waals surface area contributed by atoms with Gasteiger partial charge < -0.3 is 20.3 Å². The fourth-order valence-corrected chi connectivity index (χ4v) is 3.53. The fraction of sp³-hybridized carbons (Fsp3) is 0.652. The van der Waals surface area contributed by atoms with Gasteiger partial charge in [0.15, 0.2) is 5.96 Å². The van der Waals surface area contributed by atoms with Crippen LogP contribution in [0.2, 0.25) is 0 Å². The molecule has 0 saturated carbocycles. The highest BCUT2D eigenvalue weighted by Gasteiger charge is 2.20. The molecule has 0 aromatic heterocycles. The van der Waals surface area contributed by atoms with E-state index in [2.05, 4.69) is 34.4 Å². The number of morpholine rings is 1. The second kappa shape index (κ2) is 15.4. The van der Waals surface area contributed by atoms with E-state index < -0.39 is 0 Å². The van der Waals surface area contributed by atoms with Gasteiger partial charge in [-0.05, 0) is 18.4 Å². The number of ether oxygens (including phenoxy) is 1. The highest BCUT2D eigenvalue weighted by atomic mass is 127. The van der Waals surface area contributed by atoms with Crippen molar-refractivity contribution < 1.29 is 9.53 Å². The van der Waals surface area contributed by atoms with E-state index in [-0.39, 0.29) is 36.0 Å². The molecule has 1 atom stereocenters. The lowest BCUT2D eigenvalue weighted by atomic mass is 10.2. The van der Waals surface area contributed by atoms with Gasteiger partial charge in [-0.1, -0.05) is 44.2 Å². The maximum absolute atomic E-state index is 12.4. The normalized spacial score (nSPS) is 17.2. The minimum atomic E-state index is 0. The summed E-state index contributed by atoms with van der Waals surface area (Å²) in [5, 5.41) is 6.53. The number of nitrogens with zero attached hydrogens (tertiary/aromatic N) is 3. The average molecular weight is 546 g/mol. The molecule has 1 saturated heterocycles. The molecule has 176 valence electrons. The number of benzene rings is 1. The molecular weight excluding hydrogens is 505 g/mol. The van der Waals surface area contributed by atoms with E-state index in [1.165, 1.54) is 0 Å². The number of hydrogen-bond acceptors (Lipinski definition) is 4. The van der Waals surface area contributed by atoms with E-state index in [1.54, 1.807) is 4.90 Å². The third-order valence-corrected chi connectivity index (χ3v) is 4.96. The number of carbonyl (C=O) groups is 1. The van der Waals surface area contributed by atoms with Crippen molar-refractivity contribution in [2.24, 2.45) is 10.9 Å². The third kappa shape index (κ3) is 11.2. The summed E-state index contributed by atoms with van der Waals surface area (Å²) in [5.41, 5.74) is 1.13. The summed E-state index contributed by atoms with van der Waals surface area (Å²) in [5.74, 6) is 1.51. The van der Waals surface area contributed by atoms with Crippen LogP contribution < -0.4 is 10.6 Å². The molecule has 1 aliphatic rings. The summed E-state index contributed by atoms with van der Waals surface area (Å²) < 4.78 is 5.88. The predicted molar refractivity (Wildman–Crippen MR) is 138 cm³/mol. The number of guanidine groups is 1. The summed E-state index contributed by atoms with van der Waals surface area (Å²) in [4.78, 5) is 21.3. The molecule has 1 aromatic carbocycles. The van der Waals surface area contributed by atoms with E-state index in [9.17, 15) is 4.79 Å². The lowest BCUT2D eigenvalue weighted by Gasteiger charge is -2.33. The Balaban J connectivity index is 0.00000480. The van der Waals surface area contributed by atoms with E-state index >= 15 is 0 Å². The summed E-state index contributed by atoms with van der Waals surface area (Å²) in [7, 11) is 1.85. The zero-order valence-electron chi connectivity index (χ0n) is 19.5. The van der Waals surface area contributed by atoms with Crippen LogP contribution in [-0.2, 0) is 16.1 Å². The lowest BCUT2D eigenvalue weighted by Crippen LogP contribution is -2.46. The maximum Gasteiger partial charge on any atom is 0.224 e. The molecule has 1 aromatic rings. The van der Waals surface area contributed by atoms with Crippen LogP contribution in [0, 0.1) is 5.92 Å². The van der Waals surface area contributed by atoms with Crippen LogP contribution in [0.5, 0.6) is 0 Å². The molecule has 0 radical (unpaired) electrons. The van der Waals surface area contributed by atoms with Crippen molar-refractivity contribution in [3.8, 4) is 0 Å². The SMILES string of the molecule is CCNC(=NCC1CN(CC(C)C)CCO1)NCCC(=O)N(C)Cc1ccccc1.I. The minimum Gasteiger partial charge on any atom is -0.374 e. The van der Waals surface area contributed by atoms with Crippen molar-refractivity contribution in [2.45, 2.75) is 39.8 Å². The van der Waals surface area contributed by atoms with Gasteiger partial charge in [-0.3, -0.25) is 14.7 Å². The van der Waals surface area contributed by atoms with Gasteiger partial charge in [0, 0.05) is 52.7 Å². The molecule has 1 heterocycles. The first kappa shape index (κ1) is 27.6. The van der Waals surface area contributed by atoms with Gasteiger partial charge in [0.1, 0.15) is 0 Å². The Morgan fingerprint density at radius 2 is 2.03 bits per heavy atom. The number of carbonyl (C=O) groups excluding carboxylic acids is 1. The molecule has 1 aliphatic heterocycles. The number of rotatable bonds is 10. The lowest BCUT2D eigenvalue weighted by molar-refractivity contribution is -0.130. The van der Waals surface area contributed by atoms with Gasteiger partial charge in [0.25, 0.3) is 0 Å². The van der Waals surface area contributed by atoms with E-state index in [0.29, 0.717) is 32.0 Å². The molecule has 0 bridgehead atoms. The molecular formula is C23H40IN5O2. The average Bonchev–Trinajstić information content (AvgIpc) is 2.72. The predicted octanol–water partition coefficient (Wildman–Crippen LogP) is 2.57. The van der Waals surface area contributed by atoms with Crippen LogP contribution in [0.25, 0.3) is 0 Å². The standard InChI is InChI=1S/C23H39N5O2.HI/c1-5-24-23(26-15-21-18-28(13-14-30-21)16-19(2)3)25-12-11-22(29)27(4)17-20-9-7-6-8-10-20;/h6-10,19,21H,5,11-18H2,1-4H3,(H2,24,25,26);1H. The summed E-state index contributed by atoms with van der Waals surface area (Å²) in [6, 6.07) is 10.0. The molecule has 2 N–H and O–H groups in total. The Labute approximate surface area is 205 Å². The van der Waals surface area contributed by atoms with Crippen LogP contribution >= 0.6 is 24.0 Å². The maximum atomic E-state index is 12.4. The Bertz CT molecular complexity index is 657. The van der Waals surface area contributed by atoms with Crippen LogP contribution in [0.15, 0.2) is 35.3 Å². The van der Waals surface area contributed by atoms with Gasteiger partial charge >= 0.3 is 0 Å². The van der Waals surface area contributed by atoms with Crippen molar-refractivity contribution in [2.75, 3.05) is 52.9 Å². The number of amides is 1. The van der Waals surface area contributed by atoms with Crippen molar-refractivity contribution in [3.05, 3.63) is 35.9 Å². The Kier molecular flexibility index (Phi) is 13.7. The van der Waals surface area contributed by atoms with Crippen molar-refractivity contribution in [3.63, 3.8) is 0 Å². The molecule has 8 heteroatoms. The highest BCUT2D eigenvalue weighted by molar-refractivity contribution is 14.0. The van der Waals surface area contributed by atoms with Crippen LogP contribution in [0.1, 0.15) is 32.8 Å². The van der Waals surface area contributed by atoms with Gasteiger partial charge in [0.05, 0.1) is 19.3 Å². The number of halogens is 1. The second-order valence-electron chi connectivity index (χ2n) is 8.28. The summed E-state index contributed by atoms with van der Waals surface area (Å²) >= 11 is 0. The summed E-state index contributed by atoms with van der Waals surface area (Å²) in [6.45, 7) is 12.9. The molecule has 31 heavy (non-hydrogen) atoms. The van der Waals surface area contributed by atoms with Gasteiger partial charge in [0.2, 0.25) is 5.91 Å². The van der Waals surface area contributed by atoms with Crippen molar-refractivity contribution in [1.82, 2.24) is 20.4 Å². The Morgan fingerprint density at radius 1 is 1.29 bits per heavy atom. The Morgan fingerprint density at radius 3 is 2.71 bits per heavy atom. The Hall–Kier alpha value is -1.39. The first-order valence-electron chi connectivity index (χ1n) is 11.1. The quantitative estimate of drug-likeness (QED) is 0.269. The van der Waals surface area contributed by atoms with Crippen molar-refractivity contribution >= 4 is 35.8 Å². The molecule has 1 amide bonds.